The summed E-state index contributed by atoms with van der Waals surface area (Å²) in [6.45, 7) is -0.595. The Balaban J connectivity index is 1.08. The van der Waals surface area contributed by atoms with Crippen LogP contribution in [0.4, 0.5) is 0 Å². The molecule has 520 valence electrons. The van der Waals surface area contributed by atoms with Crippen LogP contribution in [0.25, 0.3) is 0 Å². The van der Waals surface area contributed by atoms with Crippen molar-refractivity contribution in [3.8, 4) is 0 Å². The molecule has 0 aliphatic carbocycles. The molecule has 3 fully saturated rings. The van der Waals surface area contributed by atoms with Crippen LogP contribution in [0.2, 0.25) is 0 Å². The maximum absolute atomic E-state index is 14.5. The van der Waals surface area contributed by atoms with Gasteiger partial charge in [-0.2, -0.15) is 0 Å². The Bertz CT molecular complexity index is 3980. The quantitative estimate of drug-likeness (QED) is 0.0193. The molecule has 3 heterocycles. The molecular formula is C72H62Cl3NO24. The average Bonchev–Trinajstić information content (AvgIpc) is 1.24. The number of ether oxygens (including phenoxy) is 15. The molecule has 0 radical (unpaired) electrons. The Labute approximate surface area is 585 Å². The summed E-state index contributed by atoms with van der Waals surface area (Å²) < 4.78 is 90.5. The van der Waals surface area contributed by atoms with Gasteiger partial charge >= 0.3 is 53.7 Å². The van der Waals surface area contributed by atoms with Crippen molar-refractivity contribution >= 4 is 94.4 Å². The van der Waals surface area contributed by atoms with Crippen molar-refractivity contribution in [2.24, 2.45) is 0 Å². The smallest absolute Gasteiger partial charge is 0.338 e. The van der Waals surface area contributed by atoms with E-state index >= 15 is 0 Å². The predicted octanol–water partition coefficient (Wildman–Crippen LogP) is 9.63. The van der Waals surface area contributed by atoms with Crippen LogP contribution < -0.4 is 0 Å². The molecule has 28 heteroatoms. The highest BCUT2D eigenvalue weighted by Crippen LogP contribution is 2.39. The van der Waals surface area contributed by atoms with E-state index in [9.17, 15) is 43.2 Å². The van der Waals surface area contributed by atoms with Gasteiger partial charge in [-0.25, -0.2) is 33.6 Å². The molecule has 10 rings (SSSR count). The Hall–Kier alpha value is -10.1. The van der Waals surface area contributed by atoms with Gasteiger partial charge in [0.2, 0.25) is 12.2 Å². The molecule has 14 atom stereocenters. The summed E-state index contributed by atoms with van der Waals surface area (Å²) in [5.41, 5.74) is 0.0625. The number of carbonyl (C=O) groups excluding carboxylic acids is 9. The van der Waals surface area contributed by atoms with E-state index in [1.54, 1.807) is 91.0 Å². The Kier molecular flexibility index (Phi) is 24.8. The lowest BCUT2D eigenvalue weighted by atomic mass is 9.96. The van der Waals surface area contributed by atoms with E-state index in [1.807, 2.05) is 0 Å². The fourth-order valence-corrected chi connectivity index (χ4v) is 10.8. The first-order valence-corrected chi connectivity index (χ1v) is 32.0. The molecular weight excluding hydrogens is 1370 g/mol. The van der Waals surface area contributed by atoms with Gasteiger partial charge in [0, 0.05) is 13.8 Å². The summed E-state index contributed by atoms with van der Waals surface area (Å²) in [5, 5.41) is 8.78. The maximum Gasteiger partial charge on any atom is 0.338 e. The van der Waals surface area contributed by atoms with Gasteiger partial charge in [-0.15, -0.1) is 0 Å². The number of hydrogen-bond donors (Lipinski definition) is 1. The zero-order chi connectivity index (χ0) is 70.9. The fourth-order valence-electron chi connectivity index (χ4n) is 10.7. The van der Waals surface area contributed by atoms with Crippen molar-refractivity contribution < 1.29 is 114 Å². The van der Waals surface area contributed by atoms with Crippen LogP contribution in [-0.2, 0) is 80.6 Å². The van der Waals surface area contributed by atoms with E-state index in [-0.39, 0.29) is 38.9 Å². The molecule has 3 aliphatic heterocycles. The average molecular weight is 1430 g/mol. The second-order valence-corrected chi connectivity index (χ2v) is 24.5. The third-order valence-electron chi connectivity index (χ3n) is 15.3. The number of hydrogen-bond acceptors (Lipinski definition) is 25. The van der Waals surface area contributed by atoms with Crippen molar-refractivity contribution in [1.82, 2.24) is 0 Å². The lowest BCUT2D eigenvalue weighted by molar-refractivity contribution is -0.338. The third-order valence-corrected chi connectivity index (χ3v) is 15.8. The molecule has 0 spiro atoms. The monoisotopic (exact) mass is 1430 g/mol. The van der Waals surface area contributed by atoms with Crippen LogP contribution in [-0.4, -0.2) is 169 Å². The van der Waals surface area contributed by atoms with Gasteiger partial charge in [-0.05, 0) is 84.9 Å². The summed E-state index contributed by atoms with van der Waals surface area (Å²) in [7, 11) is 0. The molecule has 1 N–H and O–H groups in total. The molecule has 7 aromatic carbocycles. The zero-order valence-corrected chi connectivity index (χ0v) is 55.1. The van der Waals surface area contributed by atoms with Crippen LogP contribution in [0.3, 0.4) is 0 Å². The highest BCUT2D eigenvalue weighted by Gasteiger charge is 2.60. The summed E-state index contributed by atoms with van der Waals surface area (Å²) >= 11 is 18.6. The van der Waals surface area contributed by atoms with Crippen LogP contribution in [0.15, 0.2) is 212 Å². The van der Waals surface area contributed by atoms with E-state index < -0.39 is 169 Å². The van der Waals surface area contributed by atoms with Crippen molar-refractivity contribution in [2.75, 3.05) is 19.8 Å². The molecule has 0 unspecified atom stereocenters. The first-order valence-electron chi connectivity index (χ1n) is 30.8. The lowest BCUT2D eigenvalue weighted by Gasteiger charge is -2.47. The highest BCUT2D eigenvalue weighted by molar-refractivity contribution is 6.76. The van der Waals surface area contributed by atoms with E-state index in [0.717, 1.165) is 13.8 Å². The van der Waals surface area contributed by atoms with E-state index in [0.29, 0.717) is 0 Å². The number of alkyl halides is 3. The maximum atomic E-state index is 14.5. The van der Waals surface area contributed by atoms with Gasteiger partial charge in [0.15, 0.2) is 55.3 Å². The zero-order valence-electron chi connectivity index (χ0n) is 52.8. The second-order valence-electron chi connectivity index (χ2n) is 22.3. The Morgan fingerprint density at radius 3 is 0.930 bits per heavy atom. The van der Waals surface area contributed by atoms with Gasteiger partial charge in [0.25, 0.3) is 3.79 Å². The molecule has 0 aromatic heterocycles. The van der Waals surface area contributed by atoms with Crippen molar-refractivity contribution in [1.29, 1.82) is 5.41 Å². The van der Waals surface area contributed by atoms with Gasteiger partial charge in [0.1, 0.15) is 37.6 Å². The Morgan fingerprint density at radius 2 is 0.580 bits per heavy atom. The topological polar surface area (TPSA) is 316 Å². The number of rotatable bonds is 24. The largest absolute Gasteiger partial charge is 0.459 e. The minimum Gasteiger partial charge on any atom is -0.459 e. The number of carbonyl (C=O) groups is 9. The molecule has 7 aromatic rings. The standard InChI is InChI=1S/C72H62Cl3NO24/c1-41(77)89-53-52(40-88-68-59(98-67(85)49-36-22-9-23-37-49)56(96-65(83)47-32-18-7-19-33-47)54(94-63(81)45-28-14-5-15-29-45)50(91-68)38-86-61(79)43-24-10-3-11-25-43)93-70(100-71(76)72(73,74)75)60(90-42(2)78)57(53)99-69-58(97-66(84)48-34-20-8-21-35-48)55(95-64(82)46-30-16-6-17-31-46)51(92-69)39-87-62(80)44-26-12-4-13-27-44/h3-37,50-60,68-70,76H,38-40H2,1-2H3/t50-,51+,52-,53+,54+,55+,56+,57+,58-,59-,60-,68-,69+,70-/m1/s1. The summed E-state index contributed by atoms with van der Waals surface area (Å²) in [4.78, 5) is 127. The molecule has 3 aliphatic rings. The predicted molar refractivity (Wildman–Crippen MR) is 349 cm³/mol. The van der Waals surface area contributed by atoms with Crippen LogP contribution in [0.5, 0.6) is 0 Å². The van der Waals surface area contributed by atoms with Crippen LogP contribution in [0, 0.1) is 5.41 Å². The van der Waals surface area contributed by atoms with Gasteiger partial charge in [-0.1, -0.05) is 162 Å². The summed E-state index contributed by atoms with van der Waals surface area (Å²) in [5.74, 6) is -10.3. The van der Waals surface area contributed by atoms with Crippen molar-refractivity contribution in [2.45, 2.75) is 104 Å². The summed E-state index contributed by atoms with van der Waals surface area (Å²) in [6, 6.07) is 53.2. The fraction of sp³-hybridized carbons (Fsp3) is 0.278. The number of esters is 9. The van der Waals surface area contributed by atoms with Crippen LogP contribution >= 0.6 is 34.8 Å². The highest BCUT2D eigenvalue weighted by atomic mass is 35.6. The molecule has 0 saturated carbocycles. The first-order chi connectivity index (χ1) is 48.2. The number of benzene rings is 7. The molecule has 0 amide bonds. The molecule has 25 nitrogen and oxygen atoms in total. The first kappa shape index (κ1) is 72.6. The second kappa shape index (κ2) is 34.1. The van der Waals surface area contributed by atoms with Gasteiger partial charge in [-0.3, -0.25) is 15.0 Å². The third kappa shape index (κ3) is 19.0. The van der Waals surface area contributed by atoms with Crippen molar-refractivity contribution in [3.05, 3.63) is 251 Å². The van der Waals surface area contributed by atoms with Crippen molar-refractivity contribution in [3.63, 3.8) is 0 Å². The van der Waals surface area contributed by atoms with E-state index in [4.69, 9.17) is 111 Å². The molecule has 100 heavy (non-hydrogen) atoms. The SMILES string of the molecule is CC(=O)O[C@@H]1[C@H](O[C@@H]2O[C@@H](COC(=O)c3ccccc3)[C@H](OC(=O)c3ccccc3)[C@H]2OC(=O)c2ccccc2)[C@@H](OC(C)=O)[C@@H](OC(=N)C(Cl)(Cl)Cl)O[C@@H]1CO[C@@H]1O[C@H](COC(=O)c2ccccc2)[C@H](OC(=O)c2ccccc2)[C@H](OC(=O)c2ccccc2)[C@H]1OC(=O)c1ccccc1. The van der Waals surface area contributed by atoms with E-state index in [1.165, 1.54) is 121 Å². The van der Waals surface area contributed by atoms with Crippen LogP contribution in [0.1, 0.15) is 86.4 Å². The summed E-state index contributed by atoms with van der Waals surface area (Å²) in [6.07, 6.45) is -27.2. The minimum atomic E-state index is -2.68. The lowest BCUT2D eigenvalue weighted by Crippen LogP contribution is -2.65. The number of nitrogens with one attached hydrogen (secondary N) is 1. The van der Waals surface area contributed by atoms with Gasteiger partial charge < -0.3 is 71.1 Å². The minimum absolute atomic E-state index is 0.00401. The number of halogens is 3. The van der Waals surface area contributed by atoms with E-state index in [2.05, 4.69) is 0 Å². The normalized spacial score (nSPS) is 23.9. The van der Waals surface area contributed by atoms with Gasteiger partial charge in [0.05, 0.1) is 45.6 Å². The molecule has 0 bridgehead atoms. The Morgan fingerprint density at radius 1 is 0.320 bits per heavy atom. The molecule has 3 saturated heterocycles.